The van der Waals surface area contributed by atoms with Gasteiger partial charge in [-0.15, -0.1) is 35.3 Å². The van der Waals surface area contributed by atoms with E-state index in [-0.39, 0.29) is 29.9 Å². The summed E-state index contributed by atoms with van der Waals surface area (Å²) in [5, 5.41) is 4.40. The maximum Gasteiger partial charge on any atom is 0.401 e. The highest BCUT2D eigenvalue weighted by atomic mass is 127. The van der Waals surface area contributed by atoms with E-state index in [1.54, 1.807) is 25.3 Å². The van der Waals surface area contributed by atoms with Gasteiger partial charge in [-0.05, 0) is 32.7 Å². The minimum atomic E-state index is -4.14. The summed E-state index contributed by atoms with van der Waals surface area (Å²) in [7, 11) is 1.74. The molecule has 5 nitrogen and oxygen atoms in total. The summed E-state index contributed by atoms with van der Waals surface area (Å²) in [5.41, 5.74) is 1.03. The van der Waals surface area contributed by atoms with E-state index in [1.807, 2.05) is 13.8 Å². The first-order valence-electron chi connectivity index (χ1n) is 8.89. The lowest BCUT2D eigenvalue weighted by Gasteiger charge is -2.26. The Hall–Kier alpha value is -0.620. The fourth-order valence-electron chi connectivity index (χ4n) is 3.33. The number of halogens is 4. The topological polar surface area (TPSA) is 43.8 Å². The van der Waals surface area contributed by atoms with E-state index >= 15 is 0 Å². The third-order valence-corrected chi connectivity index (χ3v) is 5.64. The summed E-state index contributed by atoms with van der Waals surface area (Å²) < 4.78 is 37.9. The predicted molar refractivity (Wildman–Crippen MR) is 115 cm³/mol. The number of hydrogen-bond acceptors (Lipinski definition) is 4. The van der Waals surface area contributed by atoms with Gasteiger partial charge in [-0.25, -0.2) is 4.98 Å². The van der Waals surface area contributed by atoms with Crippen LogP contribution in [0.1, 0.15) is 28.9 Å². The maximum absolute atomic E-state index is 12.6. The number of nitrogens with one attached hydrogen (secondary N) is 1. The molecule has 0 spiro atoms. The molecular weight excluding hydrogens is 490 g/mol. The maximum atomic E-state index is 12.6. The van der Waals surface area contributed by atoms with Crippen molar-refractivity contribution in [2.24, 2.45) is 10.9 Å². The van der Waals surface area contributed by atoms with Gasteiger partial charge in [-0.1, -0.05) is 6.92 Å². The van der Waals surface area contributed by atoms with Gasteiger partial charge in [0, 0.05) is 31.6 Å². The van der Waals surface area contributed by atoms with Crippen LogP contribution in [0.2, 0.25) is 0 Å². The molecule has 0 radical (unpaired) electrons. The van der Waals surface area contributed by atoms with Crippen molar-refractivity contribution in [3.63, 3.8) is 0 Å². The average Bonchev–Trinajstić information content (AvgIpc) is 3.12. The Labute approximate surface area is 180 Å². The number of nitrogens with zero attached hydrogens (tertiary/aromatic N) is 4. The molecule has 1 atom stereocenters. The van der Waals surface area contributed by atoms with Crippen molar-refractivity contribution in [1.82, 2.24) is 20.1 Å². The molecule has 0 aromatic carbocycles. The van der Waals surface area contributed by atoms with Crippen molar-refractivity contribution in [2.45, 2.75) is 39.9 Å². The van der Waals surface area contributed by atoms with Crippen LogP contribution in [0.15, 0.2) is 4.99 Å². The minimum absolute atomic E-state index is 0. The van der Waals surface area contributed by atoms with Gasteiger partial charge in [0.05, 0.1) is 23.8 Å². The number of aromatic nitrogens is 1. The quantitative estimate of drug-likeness (QED) is 0.354. The van der Waals surface area contributed by atoms with Crippen molar-refractivity contribution >= 4 is 41.3 Å². The molecule has 1 fully saturated rings. The lowest BCUT2D eigenvalue weighted by Crippen LogP contribution is -2.41. The van der Waals surface area contributed by atoms with E-state index in [1.165, 1.54) is 9.78 Å². The number of guanidine groups is 1. The normalized spacial score (nSPS) is 18.1. The molecule has 27 heavy (non-hydrogen) atoms. The van der Waals surface area contributed by atoms with Gasteiger partial charge >= 0.3 is 6.18 Å². The van der Waals surface area contributed by atoms with E-state index in [0.29, 0.717) is 19.6 Å². The molecule has 0 aliphatic carbocycles. The van der Waals surface area contributed by atoms with Gasteiger partial charge < -0.3 is 10.2 Å². The van der Waals surface area contributed by atoms with Crippen molar-refractivity contribution in [3.8, 4) is 0 Å². The monoisotopic (exact) mass is 519 g/mol. The number of hydrogen-bond donors (Lipinski definition) is 1. The standard InChI is InChI=1S/C17H28F3N5S.HI/c1-5-24(11-17(18,19)20)9-14-6-7-25(10-14)16(21-4)22-8-15-12(2)23-13(3)26-15;/h14H,5-11H2,1-4H3,(H,21,22);1H. The Morgan fingerprint density at radius 1 is 1.41 bits per heavy atom. The summed E-state index contributed by atoms with van der Waals surface area (Å²) in [5.74, 6) is 1.03. The zero-order chi connectivity index (χ0) is 19.3. The van der Waals surface area contributed by atoms with Crippen LogP contribution < -0.4 is 5.32 Å². The van der Waals surface area contributed by atoms with Gasteiger partial charge in [0.25, 0.3) is 0 Å². The van der Waals surface area contributed by atoms with Crippen LogP contribution in [0.25, 0.3) is 0 Å². The average molecular weight is 519 g/mol. The van der Waals surface area contributed by atoms with Gasteiger partial charge in [0.2, 0.25) is 0 Å². The predicted octanol–water partition coefficient (Wildman–Crippen LogP) is 3.66. The van der Waals surface area contributed by atoms with E-state index in [9.17, 15) is 13.2 Å². The molecule has 1 aromatic heterocycles. The van der Waals surface area contributed by atoms with Crippen molar-refractivity contribution < 1.29 is 13.2 Å². The van der Waals surface area contributed by atoms with Crippen LogP contribution in [0, 0.1) is 19.8 Å². The van der Waals surface area contributed by atoms with Crippen LogP contribution in [0.4, 0.5) is 13.2 Å². The van der Waals surface area contributed by atoms with Gasteiger partial charge in [0.15, 0.2) is 5.96 Å². The second-order valence-corrected chi connectivity index (χ2v) is 7.97. The fourth-order valence-corrected chi connectivity index (χ4v) is 4.20. The van der Waals surface area contributed by atoms with Crippen LogP contribution in [0.3, 0.4) is 0 Å². The number of rotatable bonds is 6. The highest BCUT2D eigenvalue weighted by molar-refractivity contribution is 14.0. The molecule has 1 aliphatic rings. The summed E-state index contributed by atoms with van der Waals surface area (Å²) in [4.78, 5) is 13.6. The van der Waals surface area contributed by atoms with Gasteiger partial charge in [0.1, 0.15) is 0 Å². The molecule has 1 saturated heterocycles. The molecule has 2 heterocycles. The first-order valence-corrected chi connectivity index (χ1v) is 9.71. The van der Waals surface area contributed by atoms with E-state index in [0.717, 1.165) is 36.2 Å². The zero-order valence-electron chi connectivity index (χ0n) is 16.3. The first kappa shape index (κ1) is 24.4. The minimum Gasteiger partial charge on any atom is -0.351 e. The van der Waals surface area contributed by atoms with E-state index in [4.69, 9.17) is 0 Å². The summed E-state index contributed by atoms with van der Waals surface area (Å²) in [6.45, 7) is 8.01. The Bertz CT molecular complexity index is 620. The smallest absolute Gasteiger partial charge is 0.351 e. The molecule has 1 unspecified atom stereocenters. The fraction of sp³-hybridized carbons (Fsp3) is 0.765. The number of alkyl halides is 3. The number of thiazole rings is 1. The third kappa shape index (κ3) is 7.72. The molecule has 0 saturated carbocycles. The van der Waals surface area contributed by atoms with Crippen LogP contribution in [0.5, 0.6) is 0 Å². The number of aliphatic imine (C=N–C) groups is 1. The summed E-state index contributed by atoms with van der Waals surface area (Å²) in [6.07, 6.45) is -3.26. The van der Waals surface area contributed by atoms with Crippen LogP contribution >= 0.6 is 35.3 Å². The number of likely N-dealkylation sites (tertiary alicyclic amines) is 1. The molecule has 2 rings (SSSR count). The van der Waals surface area contributed by atoms with Crippen LogP contribution in [-0.2, 0) is 6.54 Å². The molecule has 156 valence electrons. The molecule has 0 bridgehead atoms. The molecular formula is C17H29F3IN5S. The second kappa shape index (κ2) is 10.8. The summed E-state index contributed by atoms with van der Waals surface area (Å²) >= 11 is 1.67. The van der Waals surface area contributed by atoms with E-state index in [2.05, 4.69) is 20.2 Å². The zero-order valence-corrected chi connectivity index (χ0v) is 19.4. The Balaban J connectivity index is 0.00000364. The molecule has 1 aliphatic heterocycles. The van der Waals surface area contributed by atoms with Crippen molar-refractivity contribution in [3.05, 3.63) is 15.6 Å². The summed E-state index contributed by atoms with van der Waals surface area (Å²) in [6, 6.07) is 0. The lowest BCUT2D eigenvalue weighted by atomic mass is 10.1. The lowest BCUT2D eigenvalue weighted by molar-refractivity contribution is -0.146. The molecule has 1 aromatic rings. The van der Waals surface area contributed by atoms with Crippen LogP contribution in [-0.4, -0.2) is 66.7 Å². The Kier molecular flexibility index (Phi) is 9.76. The van der Waals surface area contributed by atoms with Crippen molar-refractivity contribution in [2.75, 3.05) is 39.8 Å². The molecule has 10 heteroatoms. The molecule has 0 amide bonds. The van der Waals surface area contributed by atoms with E-state index < -0.39 is 12.7 Å². The number of aryl methyl sites for hydroxylation is 2. The van der Waals surface area contributed by atoms with Crippen molar-refractivity contribution in [1.29, 1.82) is 0 Å². The third-order valence-electron chi connectivity index (χ3n) is 4.57. The highest BCUT2D eigenvalue weighted by Gasteiger charge is 2.33. The Morgan fingerprint density at radius 3 is 2.63 bits per heavy atom. The molecule has 1 N–H and O–H groups in total. The first-order chi connectivity index (χ1) is 12.2. The Morgan fingerprint density at radius 2 is 2.11 bits per heavy atom. The van der Waals surface area contributed by atoms with Gasteiger partial charge in [-0.2, -0.15) is 13.2 Å². The largest absolute Gasteiger partial charge is 0.401 e. The second-order valence-electron chi connectivity index (χ2n) is 6.69. The highest BCUT2D eigenvalue weighted by Crippen LogP contribution is 2.22. The SMILES string of the molecule is CCN(CC1CCN(C(=NC)NCc2sc(C)nc2C)C1)CC(F)(F)F.I. The van der Waals surface area contributed by atoms with Gasteiger partial charge in [-0.3, -0.25) is 9.89 Å².